The topological polar surface area (TPSA) is 23.8 Å². The molecule has 1 nitrogen and oxygen atoms in total. The molecule has 0 atom stereocenters. The van der Waals surface area contributed by atoms with Gasteiger partial charge in [-0.2, -0.15) is 5.26 Å². The van der Waals surface area contributed by atoms with Crippen molar-refractivity contribution in [3.8, 4) is 6.07 Å². The number of alkyl halides is 1. The normalized spacial score (nSPS) is 9.42. The molecule has 0 N–H and O–H groups in total. The maximum absolute atomic E-state index is 8.76. The van der Waals surface area contributed by atoms with E-state index < -0.39 is 0 Å². The van der Waals surface area contributed by atoms with Crippen LogP contribution in [-0.2, 0) is 12.3 Å². The Kier molecular flexibility index (Phi) is 3.13. The number of hydrogen-bond donors (Lipinski definition) is 0. The first-order valence-corrected chi connectivity index (χ1v) is 4.43. The van der Waals surface area contributed by atoms with E-state index in [0.717, 1.165) is 12.0 Å². The van der Waals surface area contributed by atoms with Crippen LogP contribution in [0.1, 0.15) is 23.6 Å². The number of nitriles is 1. The van der Waals surface area contributed by atoms with Crippen molar-refractivity contribution < 1.29 is 0 Å². The first kappa shape index (κ1) is 9.09. The molecule has 0 aromatic heterocycles. The highest BCUT2D eigenvalue weighted by Gasteiger charge is 2.00. The smallest absolute Gasteiger partial charge is 0.0995 e. The molecule has 0 radical (unpaired) electrons. The van der Waals surface area contributed by atoms with Gasteiger partial charge < -0.3 is 0 Å². The average molecular weight is 180 g/mol. The van der Waals surface area contributed by atoms with Crippen LogP contribution >= 0.6 is 11.6 Å². The summed E-state index contributed by atoms with van der Waals surface area (Å²) in [7, 11) is 0. The first-order chi connectivity index (χ1) is 5.81. The molecule has 0 spiro atoms. The molecule has 0 aliphatic rings. The first-order valence-electron chi connectivity index (χ1n) is 3.89. The van der Waals surface area contributed by atoms with Gasteiger partial charge >= 0.3 is 0 Å². The van der Waals surface area contributed by atoms with Crippen LogP contribution in [0.2, 0.25) is 0 Å². The molecule has 0 aliphatic carbocycles. The van der Waals surface area contributed by atoms with E-state index in [1.807, 2.05) is 18.2 Å². The predicted molar refractivity (Wildman–Crippen MR) is 50.1 cm³/mol. The fourth-order valence-corrected chi connectivity index (χ4v) is 1.30. The van der Waals surface area contributed by atoms with Crippen molar-refractivity contribution in [2.24, 2.45) is 0 Å². The summed E-state index contributed by atoms with van der Waals surface area (Å²) in [6.45, 7) is 2.07. The van der Waals surface area contributed by atoms with Gasteiger partial charge in [-0.25, -0.2) is 0 Å². The summed E-state index contributed by atoms with van der Waals surface area (Å²) in [6.07, 6.45) is 0.956. The van der Waals surface area contributed by atoms with Crippen LogP contribution in [0.4, 0.5) is 0 Å². The minimum atomic E-state index is 0.410. The molecule has 0 amide bonds. The Morgan fingerprint density at radius 3 is 2.75 bits per heavy atom. The van der Waals surface area contributed by atoms with Gasteiger partial charge in [0.05, 0.1) is 11.6 Å². The second-order valence-corrected chi connectivity index (χ2v) is 2.86. The van der Waals surface area contributed by atoms with Crippen molar-refractivity contribution >= 4 is 11.6 Å². The Morgan fingerprint density at radius 1 is 1.50 bits per heavy atom. The van der Waals surface area contributed by atoms with Gasteiger partial charge in [-0.1, -0.05) is 19.1 Å². The van der Waals surface area contributed by atoms with Crippen molar-refractivity contribution in [1.82, 2.24) is 0 Å². The molecule has 1 rings (SSSR count). The molecule has 0 saturated carbocycles. The minimum Gasteiger partial charge on any atom is -0.192 e. The second kappa shape index (κ2) is 4.13. The van der Waals surface area contributed by atoms with E-state index in [0.29, 0.717) is 11.4 Å². The van der Waals surface area contributed by atoms with Crippen molar-refractivity contribution in [3.63, 3.8) is 0 Å². The molecule has 0 bridgehead atoms. The van der Waals surface area contributed by atoms with E-state index in [2.05, 4.69) is 13.0 Å². The summed E-state index contributed by atoms with van der Waals surface area (Å²) < 4.78 is 0. The molecule has 0 fully saturated rings. The molecular weight excluding hydrogens is 170 g/mol. The summed E-state index contributed by atoms with van der Waals surface area (Å²) >= 11 is 5.66. The molecule has 1 aromatic rings. The van der Waals surface area contributed by atoms with Crippen LogP contribution in [0.15, 0.2) is 18.2 Å². The summed E-state index contributed by atoms with van der Waals surface area (Å²) in [6, 6.07) is 7.97. The van der Waals surface area contributed by atoms with Gasteiger partial charge in [-0.3, -0.25) is 0 Å². The summed E-state index contributed by atoms with van der Waals surface area (Å²) in [4.78, 5) is 0. The van der Waals surface area contributed by atoms with Crippen LogP contribution in [0.25, 0.3) is 0 Å². The minimum absolute atomic E-state index is 0.410. The van der Waals surface area contributed by atoms with Crippen LogP contribution in [0, 0.1) is 11.3 Å². The zero-order chi connectivity index (χ0) is 8.97. The Morgan fingerprint density at radius 2 is 2.25 bits per heavy atom. The fourth-order valence-electron chi connectivity index (χ4n) is 1.06. The van der Waals surface area contributed by atoms with Crippen molar-refractivity contribution in [2.75, 3.05) is 0 Å². The van der Waals surface area contributed by atoms with E-state index in [1.54, 1.807) is 0 Å². The van der Waals surface area contributed by atoms with Gasteiger partial charge in [0, 0.05) is 5.88 Å². The lowest BCUT2D eigenvalue weighted by molar-refractivity contribution is 1.13. The van der Waals surface area contributed by atoms with Gasteiger partial charge in [0.2, 0.25) is 0 Å². The standard InChI is InChI=1S/C10H10ClN/c1-2-8-3-4-9(6-11)10(5-8)7-12/h3-5H,2,6H2,1H3. The molecular formula is C10H10ClN. The molecule has 2 heteroatoms. The van der Waals surface area contributed by atoms with E-state index >= 15 is 0 Å². The Bertz CT molecular complexity index is 312. The van der Waals surface area contributed by atoms with Gasteiger partial charge in [-0.05, 0) is 23.6 Å². The van der Waals surface area contributed by atoms with E-state index in [9.17, 15) is 0 Å². The lowest BCUT2D eigenvalue weighted by Crippen LogP contribution is -1.88. The van der Waals surface area contributed by atoms with Crippen molar-refractivity contribution in [3.05, 3.63) is 34.9 Å². The number of halogens is 1. The summed E-state index contributed by atoms with van der Waals surface area (Å²) in [5.74, 6) is 0.410. The zero-order valence-corrected chi connectivity index (χ0v) is 7.73. The second-order valence-electron chi connectivity index (χ2n) is 2.59. The molecule has 1 aromatic carbocycles. The third kappa shape index (κ3) is 1.78. The van der Waals surface area contributed by atoms with E-state index in [1.165, 1.54) is 5.56 Å². The number of hydrogen-bond acceptors (Lipinski definition) is 1. The highest BCUT2D eigenvalue weighted by Crippen LogP contribution is 2.13. The number of benzene rings is 1. The maximum atomic E-state index is 8.76. The lowest BCUT2D eigenvalue weighted by Gasteiger charge is -2.01. The van der Waals surface area contributed by atoms with Crippen LogP contribution in [0.5, 0.6) is 0 Å². The van der Waals surface area contributed by atoms with Gasteiger partial charge in [-0.15, -0.1) is 11.6 Å². The monoisotopic (exact) mass is 179 g/mol. The molecule has 12 heavy (non-hydrogen) atoms. The Labute approximate surface area is 77.6 Å². The zero-order valence-electron chi connectivity index (χ0n) is 6.97. The SMILES string of the molecule is CCc1ccc(CCl)c(C#N)c1. The lowest BCUT2D eigenvalue weighted by atomic mass is 10.0. The van der Waals surface area contributed by atoms with E-state index in [4.69, 9.17) is 16.9 Å². The predicted octanol–water partition coefficient (Wildman–Crippen LogP) is 2.86. The fraction of sp³-hybridized carbons (Fsp3) is 0.300. The molecule has 0 saturated heterocycles. The van der Waals surface area contributed by atoms with Crippen LogP contribution in [-0.4, -0.2) is 0 Å². The molecule has 0 heterocycles. The Hall–Kier alpha value is -1.00. The maximum Gasteiger partial charge on any atom is 0.0995 e. The molecule has 0 unspecified atom stereocenters. The van der Waals surface area contributed by atoms with Crippen LogP contribution < -0.4 is 0 Å². The molecule has 0 aliphatic heterocycles. The van der Waals surface area contributed by atoms with Gasteiger partial charge in [0.15, 0.2) is 0 Å². The number of rotatable bonds is 2. The van der Waals surface area contributed by atoms with Crippen molar-refractivity contribution in [1.29, 1.82) is 5.26 Å². The highest BCUT2D eigenvalue weighted by molar-refractivity contribution is 6.17. The summed E-state index contributed by atoms with van der Waals surface area (Å²) in [5, 5.41) is 8.76. The molecule has 62 valence electrons. The third-order valence-corrected chi connectivity index (χ3v) is 2.13. The Balaban J connectivity index is 3.13. The number of aryl methyl sites for hydroxylation is 1. The van der Waals surface area contributed by atoms with Gasteiger partial charge in [0.1, 0.15) is 0 Å². The van der Waals surface area contributed by atoms with Crippen LogP contribution in [0.3, 0.4) is 0 Å². The van der Waals surface area contributed by atoms with Crippen molar-refractivity contribution in [2.45, 2.75) is 19.2 Å². The highest BCUT2D eigenvalue weighted by atomic mass is 35.5. The van der Waals surface area contributed by atoms with E-state index in [-0.39, 0.29) is 0 Å². The van der Waals surface area contributed by atoms with Gasteiger partial charge in [0.25, 0.3) is 0 Å². The largest absolute Gasteiger partial charge is 0.192 e. The summed E-state index contributed by atoms with van der Waals surface area (Å²) in [5.41, 5.74) is 2.79. The number of nitrogens with zero attached hydrogens (tertiary/aromatic N) is 1. The quantitative estimate of drug-likeness (QED) is 0.641. The third-order valence-electron chi connectivity index (χ3n) is 1.85. The average Bonchev–Trinajstić information content (AvgIpc) is 2.16.